The zero-order valence-corrected chi connectivity index (χ0v) is 12.2. The molecule has 2 aromatic rings. The molecule has 0 aromatic heterocycles. The number of nitrogens with one attached hydrogen (secondary N) is 1. The number of aryl methyl sites for hydroxylation is 1. The van der Waals surface area contributed by atoms with Gasteiger partial charge >= 0.3 is 0 Å². The summed E-state index contributed by atoms with van der Waals surface area (Å²) in [5.74, 6) is 0.205. The van der Waals surface area contributed by atoms with Crippen molar-refractivity contribution in [2.45, 2.75) is 19.3 Å². The molecule has 1 aliphatic heterocycles. The van der Waals surface area contributed by atoms with Crippen LogP contribution in [0.5, 0.6) is 0 Å². The van der Waals surface area contributed by atoms with E-state index in [1.807, 2.05) is 30.3 Å². The molecule has 1 aliphatic rings. The fraction of sp³-hybridized carbons (Fsp3) is 0.188. The van der Waals surface area contributed by atoms with Crippen molar-refractivity contribution < 1.29 is 4.79 Å². The fourth-order valence-corrected chi connectivity index (χ4v) is 3.18. The topological polar surface area (TPSA) is 29.1 Å². The Morgan fingerprint density at radius 2 is 1.95 bits per heavy atom. The summed E-state index contributed by atoms with van der Waals surface area (Å²) >= 11 is 3.59. The molecule has 1 amide bonds. The van der Waals surface area contributed by atoms with Crippen LogP contribution in [0.1, 0.15) is 29.0 Å². The zero-order valence-electron chi connectivity index (χ0n) is 10.6. The Hall–Kier alpha value is -1.61. The number of rotatable bonds is 1. The van der Waals surface area contributed by atoms with Gasteiger partial charge < -0.3 is 5.32 Å². The highest BCUT2D eigenvalue weighted by Gasteiger charge is 2.27. The first-order chi connectivity index (χ1) is 9.15. The number of benzene rings is 2. The van der Waals surface area contributed by atoms with Gasteiger partial charge in [0.2, 0.25) is 5.91 Å². The maximum Gasteiger partial charge on any atom is 0.225 e. The van der Waals surface area contributed by atoms with Crippen molar-refractivity contribution >= 4 is 27.5 Å². The SMILES string of the molecule is Cc1ccc2c(c1)C(c1ccccc1Br)CC(=O)N2. The van der Waals surface area contributed by atoms with E-state index >= 15 is 0 Å². The molecule has 0 saturated carbocycles. The van der Waals surface area contributed by atoms with Crippen molar-refractivity contribution in [1.29, 1.82) is 0 Å². The molecule has 1 atom stereocenters. The highest BCUT2D eigenvalue weighted by molar-refractivity contribution is 9.10. The lowest BCUT2D eigenvalue weighted by Crippen LogP contribution is -2.23. The monoisotopic (exact) mass is 315 g/mol. The lowest BCUT2D eigenvalue weighted by molar-refractivity contribution is -0.116. The highest BCUT2D eigenvalue weighted by atomic mass is 79.9. The minimum atomic E-state index is 0.0807. The average molecular weight is 316 g/mol. The molecule has 0 spiro atoms. The predicted molar refractivity (Wildman–Crippen MR) is 80.4 cm³/mol. The normalized spacial score (nSPS) is 17.8. The molecule has 1 unspecified atom stereocenters. The smallest absolute Gasteiger partial charge is 0.225 e. The van der Waals surface area contributed by atoms with Crippen molar-refractivity contribution in [3.63, 3.8) is 0 Å². The molecule has 0 saturated heterocycles. The van der Waals surface area contributed by atoms with Crippen LogP contribution in [0.2, 0.25) is 0 Å². The van der Waals surface area contributed by atoms with Crippen molar-refractivity contribution in [2.75, 3.05) is 5.32 Å². The molecule has 2 nitrogen and oxygen atoms in total. The third-order valence-corrected chi connectivity index (χ3v) is 4.25. The molecule has 0 aliphatic carbocycles. The quantitative estimate of drug-likeness (QED) is 0.838. The first-order valence-electron chi connectivity index (χ1n) is 6.30. The maximum atomic E-state index is 11.9. The van der Waals surface area contributed by atoms with Gasteiger partial charge in [-0.2, -0.15) is 0 Å². The number of hydrogen-bond donors (Lipinski definition) is 1. The van der Waals surface area contributed by atoms with Crippen LogP contribution >= 0.6 is 15.9 Å². The summed E-state index contributed by atoms with van der Waals surface area (Å²) in [5, 5.41) is 2.95. The molecular weight excluding hydrogens is 302 g/mol. The molecule has 0 fully saturated rings. The molecule has 2 aromatic carbocycles. The first kappa shape index (κ1) is 12.4. The van der Waals surface area contributed by atoms with Crippen LogP contribution in [0.25, 0.3) is 0 Å². The Labute approximate surface area is 121 Å². The van der Waals surface area contributed by atoms with Crippen LogP contribution < -0.4 is 5.32 Å². The number of fused-ring (bicyclic) bond motifs is 1. The largest absolute Gasteiger partial charge is 0.326 e. The number of amides is 1. The number of anilines is 1. The molecule has 3 heteroatoms. The van der Waals surface area contributed by atoms with Gasteiger partial charge in [-0.1, -0.05) is 51.8 Å². The Kier molecular flexibility index (Phi) is 3.15. The van der Waals surface area contributed by atoms with E-state index in [0.717, 1.165) is 10.2 Å². The van der Waals surface area contributed by atoms with E-state index in [0.29, 0.717) is 6.42 Å². The van der Waals surface area contributed by atoms with Crippen LogP contribution in [-0.2, 0) is 4.79 Å². The second kappa shape index (κ2) is 4.82. The fourth-order valence-electron chi connectivity index (χ4n) is 2.62. The Bertz CT molecular complexity index is 651. The summed E-state index contributed by atoms with van der Waals surface area (Å²) in [7, 11) is 0. The third kappa shape index (κ3) is 2.30. The van der Waals surface area contributed by atoms with E-state index < -0.39 is 0 Å². The third-order valence-electron chi connectivity index (χ3n) is 3.53. The Morgan fingerprint density at radius 1 is 1.16 bits per heavy atom. The molecule has 19 heavy (non-hydrogen) atoms. The zero-order chi connectivity index (χ0) is 13.4. The summed E-state index contributed by atoms with van der Waals surface area (Å²) in [4.78, 5) is 11.9. The van der Waals surface area contributed by atoms with E-state index in [4.69, 9.17) is 0 Å². The van der Waals surface area contributed by atoms with Gasteiger partial charge in [-0.25, -0.2) is 0 Å². The van der Waals surface area contributed by atoms with Crippen LogP contribution in [0.15, 0.2) is 46.9 Å². The van der Waals surface area contributed by atoms with E-state index in [1.54, 1.807) is 0 Å². The summed E-state index contributed by atoms with van der Waals surface area (Å²) < 4.78 is 1.06. The van der Waals surface area contributed by atoms with E-state index in [9.17, 15) is 4.79 Å². The molecule has 1 N–H and O–H groups in total. The van der Waals surface area contributed by atoms with Crippen LogP contribution in [0.4, 0.5) is 5.69 Å². The number of halogens is 1. The second-order valence-electron chi connectivity index (χ2n) is 4.92. The predicted octanol–water partition coefficient (Wildman–Crippen LogP) is 4.23. The van der Waals surface area contributed by atoms with E-state index in [2.05, 4.69) is 40.3 Å². The van der Waals surface area contributed by atoms with E-state index in [-0.39, 0.29) is 11.8 Å². The van der Waals surface area contributed by atoms with Gasteiger partial charge in [-0.05, 0) is 30.2 Å². The Morgan fingerprint density at radius 3 is 2.74 bits per heavy atom. The van der Waals surface area contributed by atoms with Gasteiger partial charge in [0.1, 0.15) is 0 Å². The number of carbonyl (C=O) groups is 1. The maximum absolute atomic E-state index is 11.9. The summed E-state index contributed by atoms with van der Waals surface area (Å²) in [6, 6.07) is 14.3. The second-order valence-corrected chi connectivity index (χ2v) is 5.77. The summed E-state index contributed by atoms with van der Waals surface area (Å²) in [5.41, 5.74) is 4.52. The first-order valence-corrected chi connectivity index (χ1v) is 7.09. The minimum Gasteiger partial charge on any atom is -0.326 e. The molecule has 96 valence electrons. The molecule has 0 bridgehead atoms. The lowest BCUT2D eigenvalue weighted by atomic mass is 9.84. The lowest BCUT2D eigenvalue weighted by Gasteiger charge is -2.27. The van der Waals surface area contributed by atoms with Gasteiger partial charge in [-0.15, -0.1) is 0 Å². The van der Waals surface area contributed by atoms with E-state index in [1.165, 1.54) is 16.7 Å². The molecule has 1 heterocycles. The van der Waals surface area contributed by atoms with Gasteiger partial charge in [-0.3, -0.25) is 4.79 Å². The molecular formula is C16H14BrNO. The summed E-state index contributed by atoms with van der Waals surface area (Å²) in [6.07, 6.45) is 0.499. The standard InChI is InChI=1S/C16H14BrNO/c1-10-6-7-15-13(8-10)12(9-16(19)18-15)11-4-2-3-5-14(11)17/h2-8,12H,9H2,1H3,(H,18,19). The Balaban J connectivity index is 2.16. The van der Waals surface area contributed by atoms with Crippen LogP contribution in [-0.4, -0.2) is 5.91 Å². The highest BCUT2D eigenvalue weighted by Crippen LogP contribution is 2.39. The number of hydrogen-bond acceptors (Lipinski definition) is 1. The molecule has 0 radical (unpaired) electrons. The van der Waals surface area contributed by atoms with Crippen molar-refractivity contribution in [3.8, 4) is 0 Å². The minimum absolute atomic E-state index is 0.0807. The number of carbonyl (C=O) groups excluding carboxylic acids is 1. The van der Waals surface area contributed by atoms with Crippen molar-refractivity contribution in [2.24, 2.45) is 0 Å². The summed E-state index contributed by atoms with van der Waals surface area (Å²) in [6.45, 7) is 2.08. The van der Waals surface area contributed by atoms with Crippen LogP contribution in [0.3, 0.4) is 0 Å². The molecule has 3 rings (SSSR count). The van der Waals surface area contributed by atoms with Gasteiger partial charge in [0, 0.05) is 22.5 Å². The van der Waals surface area contributed by atoms with Gasteiger partial charge in [0.15, 0.2) is 0 Å². The van der Waals surface area contributed by atoms with Gasteiger partial charge in [0.05, 0.1) is 0 Å². The van der Waals surface area contributed by atoms with Crippen LogP contribution in [0, 0.1) is 6.92 Å². The van der Waals surface area contributed by atoms with Crippen molar-refractivity contribution in [1.82, 2.24) is 0 Å². The van der Waals surface area contributed by atoms with Gasteiger partial charge in [0.25, 0.3) is 0 Å². The van der Waals surface area contributed by atoms with Crippen molar-refractivity contribution in [3.05, 3.63) is 63.6 Å². The average Bonchev–Trinajstić information content (AvgIpc) is 2.39.